The number of hydrogen-bond acceptors (Lipinski definition) is 4. The van der Waals surface area contributed by atoms with Gasteiger partial charge in [-0.3, -0.25) is 9.59 Å². The summed E-state index contributed by atoms with van der Waals surface area (Å²) in [5.41, 5.74) is 2.33. The highest BCUT2D eigenvalue weighted by atomic mass is 16.5. The number of amides is 4. The average molecular weight is 362 g/mol. The van der Waals surface area contributed by atoms with Crippen LogP contribution in [0.2, 0.25) is 0 Å². The van der Waals surface area contributed by atoms with E-state index in [9.17, 15) is 14.4 Å². The van der Waals surface area contributed by atoms with Crippen LogP contribution in [0.5, 0.6) is 5.75 Å². The maximum atomic E-state index is 12.4. The van der Waals surface area contributed by atoms with E-state index in [2.05, 4.69) is 16.0 Å². The van der Waals surface area contributed by atoms with E-state index in [4.69, 9.17) is 4.74 Å². The molecule has 1 heterocycles. The molecule has 0 saturated carbocycles. The molecule has 1 fully saturated rings. The molecular weight excluding hydrogens is 336 g/mol. The van der Waals surface area contributed by atoms with Gasteiger partial charge in [0.05, 0.1) is 13.0 Å². The first-order valence-corrected chi connectivity index (χ1v) is 8.65. The van der Waals surface area contributed by atoms with Gasteiger partial charge in [-0.1, -0.05) is 6.07 Å². The maximum Gasteiger partial charge on any atom is 0.318 e. The van der Waals surface area contributed by atoms with E-state index in [1.165, 1.54) is 17.5 Å². The fourth-order valence-corrected chi connectivity index (χ4v) is 2.67. The Kier molecular flexibility index (Phi) is 6.82. The highest BCUT2D eigenvalue weighted by Gasteiger charge is 2.34. The van der Waals surface area contributed by atoms with Gasteiger partial charge in [-0.25, -0.2) is 4.79 Å². The molecule has 0 radical (unpaired) electrons. The molecule has 0 unspecified atom stereocenters. The fourth-order valence-electron chi connectivity index (χ4n) is 2.67. The Balaban J connectivity index is 1.84. The Bertz CT molecular complexity index is 677. The summed E-state index contributed by atoms with van der Waals surface area (Å²) in [7, 11) is 1.50. The third-order valence-electron chi connectivity index (χ3n) is 4.37. The van der Waals surface area contributed by atoms with Crippen molar-refractivity contribution < 1.29 is 19.1 Å². The molecule has 1 aliphatic heterocycles. The molecule has 1 aromatic rings. The number of hydrogen-bond donors (Lipinski definition) is 3. The predicted molar refractivity (Wildman–Crippen MR) is 97.0 cm³/mol. The van der Waals surface area contributed by atoms with Crippen LogP contribution in [-0.4, -0.2) is 62.1 Å². The molecule has 8 nitrogen and oxygen atoms in total. The van der Waals surface area contributed by atoms with Gasteiger partial charge in [0.2, 0.25) is 11.8 Å². The van der Waals surface area contributed by atoms with Crippen LogP contribution in [-0.2, 0) is 9.59 Å². The van der Waals surface area contributed by atoms with Gasteiger partial charge in [-0.15, -0.1) is 0 Å². The molecule has 1 saturated heterocycles. The summed E-state index contributed by atoms with van der Waals surface area (Å²) in [6.45, 7) is 5.39. The number of piperazine rings is 1. The lowest BCUT2D eigenvalue weighted by Gasteiger charge is -2.34. The smallest absolute Gasteiger partial charge is 0.318 e. The highest BCUT2D eigenvalue weighted by Crippen LogP contribution is 2.16. The number of nitrogens with zero attached hydrogens (tertiary/aromatic N) is 1. The monoisotopic (exact) mass is 362 g/mol. The molecule has 0 aliphatic carbocycles. The quantitative estimate of drug-likeness (QED) is 0.635. The zero-order valence-electron chi connectivity index (χ0n) is 15.4. The number of aryl methyl sites for hydroxylation is 2. The minimum absolute atomic E-state index is 0.0606. The number of carbonyl (C=O) groups is 3. The zero-order valence-corrected chi connectivity index (χ0v) is 15.4. The van der Waals surface area contributed by atoms with Gasteiger partial charge in [0, 0.05) is 20.1 Å². The summed E-state index contributed by atoms with van der Waals surface area (Å²) < 4.78 is 5.63. The molecule has 142 valence electrons. The number of carbonyl (C=O) groups excluding carboxylic acids is 3. The molecule has 2 rings (SSSR count). The van der Waals surface area contributed by atoms with Crippen molar-refractivity contribution in [2.45, 2.75) is 26.3 Å². The lowest BCUT2D eigenvalue weighted by molar-refractivity contribution is -0.132. The normalized spacial score (nSPS) is 16.7. The molecule has 1 atom stereocenters. The zero-order chi connectivity index (χ0) is 19.1. The molecule has 4 amide bonds. The summed E-state index contributed by atoms with van der Waals surface area (Å²) in [6, 6.07) is 4.64. The lowest BCUT2D eigenvalue weighted by atomic mass is 10.1. The number of benzene rings is 1. The Hall–Kier alpha value is -2.77. The van der Waals surface area contributed by atoms with Crippen molar-refractivity contribution in [1.82, 2.24) is 20.9 Å². The average Bonchev–Trinajstić information content (AvgIpc) is 2.63. The van der Waals surface area contributed by atoms with Gasteiger partial charge in [0.25, 0.3) is 0 Å². The topological polar surface area (TPSA) is 99.8 Å². The van der Waals surface area contributed by atoms with Crippen molar-refractivity contribution in [2.24, 2.45) is 0 Å². The van der Waals surface area contributed by atoms with E-state index in [1.807, 2.05) is 32.0 Å². The number of nitrogens with one attached hydrogen (secondary N) is 3. The van der Waals surface area contributed by atoms with E-state index in [0.29, 0.717) is 26.2 Å². The van der Waals surface area contributed by atoms with Gasteiger partial charge in [-0.05, 0) is 37.1 Å². The maximum absolute atomic E-state index is 12.4. The lowest BCUT2D eigenvalue weighted by Crippen LogP contribution is -2.60. The van der Waals surface area contributed by atoms with E-state index < -0.39 is 6.04 Å². The van der Waals surface area contributed by atoms with E-state index >= 15 is 0 Å². The van der Waals surface area contributed by atoms with Crippen molar-refractivity contribution >= 4 is 17.8 Å². The Labute approximate surface area is 153 Å². The van der Waals surface area contributed by atoms with Crippen molar-refractivity contribution in [3.63, 3.8) is 0 Å². The third-order valence-corrected chi connectivity index (χ3v) is 4.37. The SMILES string of the molecule is CNC(=O)C[C@H]1C(=O)NCCN1C(=O)NCCOc1ccc(C)c(C)c1. The first-order chi connectivity index (χ1) is 12.4. The van der Waals surface area contributed by atoms with Crippen LogP contribution in [0.4, 0.5) is 4.79 Å². The van der Waals surface area contributed by atoms with Crippen molar-refractivity contribution in [1.29, 1.82) is 0 Å². The van der Waals surface area contributed by atoms with E-state index in [0.717, 1.165) is 11.3 Å². The molecule has 3 N–H and O–H groups in total. The van der Waals surface area contributed by atoms with E-state index in [1.54, 1.807) is 0 Å². The minimum Gasteiger partial charge on any atom is -0.492 e. The van der Waals surface area contributed by atoms with E-state index in [-0.39, 0.29) is 24.3 Å². The summed E-state index contributed by atoms with van der Waals surface area (Å²) in [5.74, 6) is 0.140. The van der Waals surface area contributed by atoms with Crippen LogP contribution < -0.4 is 20.7 Å². The van der Waals surface area contributed by atoms with Gasteiger partial charge >= 0.3 is 6.03 Å². The number of ether oxygens (including phenoxy) is 1. The second kappa shape index (κ2) is 9.07. The number of urea groups is 1. The van der Waals surface area contributed by atoms with Crippen LogP contribution in [0.3, 0.4) is 0 Å². The predicted octanol–water partition coefficient (Wildman–Crippen LogP) is 0.328. The van der Waals surface area contributed by atoms with Crippen molar-refractivity contribution in [3.05, 3.63) is 29.3 Å². The summed E-state index contributed by atoms with van der Waals surface area (Å²) in [5, 5.41) is 7.89. The van der Waals surface area contributed by atoms with Crippen LogP contribution in [0, 0.1) is 13.8 Å². The molecule has 8 heteroatoms. The molecule has 1 aliphatic rings. The van der Waals surface area contributed by atoms with Crippen molar-refractivity contribution in [3.8, 4) is 5.75 Å². The Morgan fingerprint density at radius 1 is 1.31 bits per heavy atom. The highest BCUT2D eigenvalue weighted by molar-refractivity contribution is 5.92. The minimum atomic E-state index is -0.802. The summed E-state index contributed by atoms with van der Waals surface area (Å²) >= 11 is 0. The Morgan fingerprint density at radius 2 is 2.08 bits per heavy atom. The van der Waals surface area contributed by atoms with Gasteiger partial charge in [0.15, 0.2) is 0 Å². The molecule has 0 aromatic heterocycles. The van der Waals surface area contributed by atoms with Crippen LogP contribution in [0.15, 0.2) is 18.2 Å². The Morgan fingerprint density at radius 3 is 2.77 bits per heavy atom. The van der Waals surface area contributed by atoms with Gasteiger partial charge in [0.1, 0.15) is 18.4 Å². The second-order valence-electron chi connectivity index (χ2n) is 6.20. The standard InChI is InChI=1S/C18H26N4O4/c1-12-4-5-14(10-13(12)2)26-9-7-21-18(25)22-8-6-20-17(24)15(22)11-16(23)19-3/h4-5,10,15H,6-9,11H2,1-3H3,(H,19,23)(H,20,24)(H,21,25)/t15-/m0/s1. The fraction of sp³-hybridized carbons (Fsp3) is 0.500. The molecular formula is C18H26N4O4. The van der Waals surface area contributed by atoms with Crippen LogP contribution in [0.1, 0.15) is 17.5 Å². The van der Waals surface area contributed by atoms with Crippen molar-refractivity contribution in [2.75, 3.05) is 33.3 Å². The van der Waals surface area contributed by atoms with Crippen LogP contribution in [0.25, 0.3) is 0 Å². The third kappa shape index (κ3) is 5.11. The summed E-state index contributed by atoms with van der Waals surface area (Å²) in [4.78, 5) is 37.4. The molecule has 0 spiro atoms. The largest absolute Gasteiger partial charge is 0.492 e. The van der Waals surface area contributed by atoms with Gasteiger partial charge < -0.3 is 25.6 Å². The first-order valence-electron chi connectivity index (χ1n) is 8.65. The second-order valence-corrected chi connectivity index (χ2v) is 6.20. The van der Waals surface area contributed by atoms with Crippen LogP contribution >= 0.6 is 0 Å². The van der Waals surface area contributed by atoms with Gasteiger partial charge in [-0.2, -0.15) is 0 Å². The summed E-state index contributed by atoms with van der Waals surface area (Å²) in [6.07, 6.45) is -0.0606. The molecule has 26 heavy (non-hydrogen) atoms. The number of rotatable bonds is 6. The molecule has 1 aromatic carbocycles. The first kappa shape index (κ1) is 19.6. The molecule has 0 bridgehead atoms.